The molecule has 1 N–H and O–H groups in total. The minimum absolute atomic E-state index is 0.385. The average molecular weight is 270 g/mol. The van der Waals surface area contributed by atoms with Crippen molar-refractivity contribution >= 4 is 0 Å². The summed E-state index contributed by atoms with van der Waals surface area (Å²) in [6, 6.07) is 1.84. The Balaban J connectivity index is 2.85. The molecule has 114 valence electrons. The lowest BCUT2D eigenvalue weighted by atomic mass is 9.70. The lowest BCUT2D eigenvalue weighted by Gasteiger charge is -2.50. The van der Waals surface area contributed by atoms with Gasteiger partial charge in [0.2, 0.25) is 0 Å². The van der Waals surface area contributed by atoms with E-state index in [1.54, 1.807) is 7.11 Å². The highest BCUT2D eigenvalue weighted by atomic mass is 16.5. The number of hydrogen-bond acceptors (Lipinski definition) is 3. The summed E-state index contributed by atoms with van der Waals surface area (Å²) in [6.45, 7) is 11.3. The first-order valence-electron chi connectivity index (χ1n) is 7.89. The van der Waals surface area contributed by atoms with Crippen LogP contribution < -0.4 is 5.32 Å². The molecule has 3 atom stereocenters. The summed E-state index contributed by atoms with van der Waals surface area (Å²) in [5.41, 5.74) is 0.385. The largest absolute Gasteiger partial charge is 0.383 e. The van der Waals surface area contributed by atoms with Crippen molar-refractivity contribution in [2.24, 2.45) is 5.41 Å². The van der Waals surface area contributed by atoms with E-state index in [1.807, 2.05) is 0 Å². The normalized spacial score (nSPS) is 28.6. The highest BCUT2D eigenvalue weighted by Crippen LogP contribution is 2.38. The standard InChI is InChI=1S/C16H34N2O/c1-7-13(2)18(11-12-19-6)14-9-8-10-16(3,4)15(14)17-5/h13-15,17H,7-12H2,1-6H3. The van der Waals surface area contributed by atoms with E-state index < -0.39 is 0 Å². The third kappa shape index (κ3) is 4.17. The second-order valence-corrected chi connectivity index (χ2v) is 6.70. The van der Waals surface area contributed by atoms with Gasteiger partial charge in [-0.25, -0.2) is 0 Å². The molecule has 0 aliphatic heterocycles. The second kappa shape index (κ2) is 7.61. The molecule has 0 aromatic heterocycles. The van der Waals surface area contributed by atoms with Gasteiger partial charge in [-0.2, -0.15) is 0 Å². The number of nitrogens with one attached hydrogen (secondary N) is 1. The lowest BCUT2D eigenvalue weighted by Crippen LogP contribution is -2.60. The molecule has 0 saturated heterocycles. The number of rotatable bonds is 7. The van der Waals surface area contributed by atoms with Crippen LogP contribution in [0.5, 0.6) is 0 Å². The minimum atomic E-state index is 0.385. The number of methoxy groups -OCH3 is 1. The van der Waals surface area contributed by atoms with Crippen LogP contribution in [-0.2, 0) is 4.74 Å². The van der Waals surface area contributed by atoms with Gasteiger partial charge in [-0.1, -0.05) is 27.2 Å². The fourth-order valence-electron chi connectivity index (χ4n) is 3.69. The van der Waals surface area contributed by atoms with Gasteiger partial charge >= 0.3 is 0 Å². The molecule has 0 bridgehead atoms. The number of ether oxygens (including phenoxy) is 1. The molecule has 0 amide bonds. The van der Waals surface area contributed by atoms with E-state index in [1.165, 1.54) is 25.7 Å². The Morgan fingerprint density at radius 1 is 1.42 bits per heavy atom. The predicted molar refractivity (Wildman–Crippen MR) is 82.6 cm³/mol. The van der Waals surface area contributed by atoms with E-state index in [4.69, 9.17) is 4.74 Å². The molecule has 3 heteroatoms. The van der Waals surface area contributed by atoms with Crippen molar-refractivity contribution in [3.8, 4) is 0 Å². The summed E-state index contributed by atoms with van der Waals surface area (Å²) >= 11 is 0. The van der Waals surface area contributed by atoms with Gasteiger partial charge in [-0.3, -0.25) is 4.90 Å². The molecule has 1 rings (SSSR count). The van der Waals surface area contributed by atoms with E-state index in [2.05, 4.69) is 45.0 Å². The second-order valence-electron chi connectivity index (χ2n) is 6.70. The maximum absolute atomic E-state index is 5.32. The quantitative estimate of drug-likeness (QED) is 0.770. The number of nitrogens with zero attached hydrogens (tertiary/aromatic N) is 1. The van der Waals surface area contributed by atoms with Crippen LogP contribution in [0.3, 0.4) is 0 Å². The fraction of sp³-hybridized carbons (Fsp3) is 1.00. The number of hydrogen-bond donors (Lipinski definition) is 1. The van der Waals surface area contributed by atoms with Gasteiger partial charge in [0.15, 0.2) is 0 Å². The molecule has 0 aromatic carbocycles. The maximum atomic E-state index is 5.32. The molecule has 0 spiro atoms. The Morgan fingerprint density at radius 2 is 2.11 bits per heavy atom. The van der Waals surface area contributed by atoms with E-state index in [0.29, 0.717) is 23.5 Å². The van der Waals surface area contributed by atoms with Crippen molar-refractivity contribution in [1.82, 2.24) is 10.2 Å². The van der Waals surface area contributed by atoms with Gasteiger partial charge in [0.25, 0.3) is 0 Å². The molecule has 1 fully saturated rings. The third-order valence-corrected chi connectivity index (χ3v) is 5.00. The molecular formula is C16H34N2O. The zero-order valence-corrected chi connectivity index (χ0v) is 13.8. The zero-order valence-electron chi connectivity index (χ0n) is 13.8. The summed E-state index contributed by atoms with van der Waals surface area (Å²) in [4.78, 5) is 2.67. The highest BCUT2D eigenvalue weighted by Gasteiger charge is 2.41. The van der Waals surface area contributed by atoms with Crippen LogP contribution in [0, 0.1) is 5.41 Å². The lowest BCUT2D eigenvalue weighted by molar-refractivity contribution is 0.0141. The van der Waals surface area contributed by atoms with Crippen LogP contribution in [0.15, 0.2) is 0 Å². The van der Waals surface area contributed by atoms with Gasteiger partial charge in [0.05, 0.1) is 6.61 Å². The summed E-state index contributed by atoms with van der Waals surface area (Å²) in [6.07, 6.45) is 5.18. The Morgan fingerprint density at radius 3 is 2.63 bits per heavy atom. The van der Waals surface area contributed by atoms with Gasteiger partial charge in [0.1, 0.15) is 0 Å². The maximum Gasteiger partial charge on any atom is 0.0589 e. The van der Waals surface area contributed by atoms with Crippen molar-refractivity contribution in [3.05, 3.63) is 0 Å². The Kier molecular flexibility index (Phi) is 6.78. The molecule has 3 unspecified atom stereocenters. The molecular weight excluding hydrogens is 236 g/mol. The highest BCUT2D eigenvalue weighted by molar-refractivity contribution is 4.98. The SMILES string of the molecule is CCC(C)N(CCOC)C1CCCC(C)(C)C1NC. The van der Waals surface area contributed by atoms with E-state index in [-0.39, 0.29) is 0 Å². The van der Waals surface area contributed by atoms with Gasteiger partial charge < -0.3 is 10.1 Å². The van der Waals surface area contributed by atoms with Crippen LogP contribution in [-0.4, -0.2) is 50.3 Å². The molecule has 0 radical (unpaired) electrons. The molecule has 0 heterocycles. The number of likely N-dealkylation sites (N-methyl/N-ethyl adjacent to an activating group) is 1. The van der Waals surface area contributed by atoms with Crippen LogP contribution in [0.1, 0.15) is 53.4 Å². The molecule has 1 saturated carbocycles. The van der Waals surface area contributed by atoms with E-state index in [0.717, 1.165) is 13.2 Å². The molecule has 19 heavy (non-hydrogen) atoms. The van der Waals surface area contributed by atoms with Crippen molar-refractivity contribution in [2.45, 2.75) is 71.5 Å². The van der Waals surface area contributed by atoms with E-state index >= 15 is 0 Å². The van der Waals surface area contributed by atoms with Gasteiger partial charge in [-0.05, 0) is 38.6 Å². The first-order valence-corrected chi connectivity index (χ1v) is 7.89. The smallest absolute Gasteiger partial charge is 0.0589 e. The summed E-state index contributed by atoms with van der Waals surface area (Å²) in [5.74, 6) is 0. The third-order valence-electron chi connectivity index (χ3n) is 5.00. The predicted octanol–water partition coefficient (Wildman–Crippen LogP) is 2.90. The molecule has 0 aromatic rings. The van der Waals surface area contributed by atoms with Crippen molar-refractivity contribution in [3.63, 3.8) is 0 Å². The van der Waals surface area contributed by atoms with Gasteiger partial charge in [-0.15, -0.1) is 0 Å². The summed E-state index contributed by atoms with van der Waals surface area (Å²) in [5, 5.41) is 3.60. The monoisotopic (exact) mass is 270 g/mol. The first kappa shape index (κ1) is 16.9. The van der Waals surface area contributed by atoms with Crippen LogP contribution in [0.25, 0.3) is 0 Å². The zero-order chi connectivity index (χ0) is 14.5. The van der Waals surface area contributed by atoms with Crippen molar-refractivity contribution < 1.29 is 4.74 Å². The van der Waals surface area contributed by atoms with Crippen molar-refractivity contribution in [2.75, 3.05) is 27.3 Å². The summed E-state index contributed by atoms with van der Waals surface area (Å²) in [7, 11) is 3.92. The van der Waals surface area contributed by atoms with Crippen molar-refractivity contribution in [1.29, 1.82) is 0 Å². The first-order chi connectivity index (χ1) is 8.97. The molecule has 1 aliphatic carbocycles. The molecule has 1 aliphatic rings. The Bertz CT molecular complexity index is 255. The topological polar surface area (TPSA) is 24.5 Å². The average Bonchev–Trinajstić information content (AvgIpc) is 2.38. The van der Waals surface area contributed by atoms with E-state index in [9.17, 15) is 0 Å². The Hall–Kier alpha value is -0.120. The fourth-order valence-corrected chi connectivity index (χ4v) is 3.69. The molecule has 3 nitrogen and oxygen atoms in total. The summed E-state index contributed by atoms with van der Waals surface area (Å²) < 4.78 is 5.32. The minimum Gasteiger partial charge on any atom is -0.383 e. The van der Waals surface area contributed by atoms with Crippen LogP contribution >= 0.6 is 0 Å². The van der Waals surface area contributed by atoms with Gasteiger partial charge in [0, 0.05) is 31.8 Å². The van der Waals surface area contributed by atoms with Crippen LogP contribution in [0.2, 0.25) is 0 Å². The van der Waals surface area contributed by atoms with Crippen LogP contribution in [0.4, 0.5) is 0 Å². The Labute approximate surface area is 120 Å².